The van der Waals surface area contributed by atoms with Crippen LogP contribution >= 0.6 is 0 Å². The molecule has 0 aliphatic carbocycles. The molecular formula is C21H17N2O+. The van der Waals surface area contributed by atoms with Gasteiger partial charge in [0.1, 0.15) is 18.2 Å². The Morgan fingerprint density at radius 2 is 1.75 bits per heavy atom. The van der Waals surface area contributed by atoms with Crippen LogP contribution < -0.4 is 4.57 Å². The van der Waals surface area contributed by atoms with E-state index in [2.05, 4.69) is 48.9 Å². The van der Waals surface area contributed by atoms with Crippen LogP contribution in [0.25, 0.3) is 33.2 Å². The first-order valence-corrected chi connectivity index (χ1v) is 7.91. The number of fused-ring (bicyclic) bond motifs is 3. The average Bonchev–Trinajstić information content (AvgIpc) is 2.94. The van der Waals surface area contributed by atoms with E-state index in [1.54, 1.807) is 0 Å². The van der Waals surface area contributed by atoms with E-state index < -0.39 is 0 Å². The van der Waals surface area contributed by atoms with Crippen LogP contribution in [0.4, 0.5) is 0 Å². The number of benzene rings is 2. The van der Waals surface area contributed by atoms with E-state index in [-0.39, 0.29) is 0 Å². The molecule has 0 saturated heterocycles. The third kappa shape index (κ3) is 2.00. The van der Waals surface area contributed by atoms with E-state index in [1.165, 1.54) is 5.56 Å². The van der Waals surface area contributed by atoms with Crippen LogP contribution in [0.5, 0.6) is 0 Å². The van der Waals surface area contributed by atoms with Crippen LogP contribution in [0.15, 0.2) is 53.1 Å². The normalized spacial score (nSPS) is 11.1. The number of hydrogen-bond acceptors (Lipinski definition) is 2. The fourth-order valence-corrected chi connectivity index (χ4v) is 3.44. The molecule has 2 aromatic heterocycles. The molecule has 0 radical (unpaired) electrons. The highest BCUT2D eigenvalue weighted by Gasteiger charge is 2.21. The fraction of sp³-hybridized carbons (Fsp3) is 0.143. The maximum Gasteiger partial charge on any atom is 0.213 e. The molecule has 0 bridgehead atoms. The number of aromatic nitrogens is 1. The summed E-state index contributed by atoms with van der Waals surface area (Å²) in [5.41, 5.74) is 6.82. The summed E-state index contributed by atoms with van der Waals surface area (Å²) in [5.74, 6) is 0. The number of aryl methyl sites for hydroxylation is 3. The van der Waals surface area contributed by atoms with Gasteiger partial charge < -0.3 is 4.42 Å². The van der Waals surface area contributed by atoms with Crippen molar-refractivity contribution in [3.8, 4) is 17.3 Å². The zero-order valence-corrected chi connectivity index (χ0v) is 13.9. The summed E-state index contributed by atoms with van der Waals surface area (Å²) in [5, 5.41) is 11.5. The predicted molar refractivity (Wildman–Crippen MR) is 94.5 cm³/mol. The summed E-state index contributed by atoms with van der Waals surface area (Å²) < 4.78 is 8.15. The van der Waals surface area contributed by atoms with Gasteiger partial charge in [0.05, 0.1) is 17.2 Å². The lowest BCUT2D eigenvalue weighted by Crippen LogP contribution is -2.31. The second-order valence-electron chi connectivity index (χ2n) is 6.23. The third-order valence-electron chi connectivity index (χ3n) is 4.53. The van der Waals surface area contributed by atoms with E-state index in [9.17, 15) is 5.26 Å². The smallest absolute Gasteiger partial charge is 0.213 e. The molecule has 0 spiro atoms. The van der Waals surface area contributed by atoms with E-state index >= 15 is 0 Å². The summed E-state index contributed by atoms with van der Waals surface area (Å²) in [6.07, 6.45) is 2.11. The molecule has 116 valence electrons. The van der Waals surface area contributed by atoms with Crippen molar-refractivity contribution in [1.82, 2.24) is 0 Å². The van der Waals surface area contributed by atoms with Crippen molar-refractivity contribution in [2.45, 2.75) is 13.8 Å². The summed E-state index contributed by atoms with van der Waals surface area (Å²) in [6, 6.07) is 16.2. The van der Waals surface area contributed by atoms with Gasteiger partial charge in [-0.05, 0) is 43.7 Å². The average molecular weight is 313 g/mol. The van der Waals surface area contributed by atoms with Crippen LogP contribution in [0.1, 0.15) is 16.7 Å². The zero-order valence-electron chi connectivity index (χ0n) is 13.9. The monoisotopic (exact) mass is 313 g/mol. The molecule has 2 heterocycles. The zero-order chi connectivity index (χ0) is 16.8. The number of rotatable bonds is 1. The van der Waals surface area contributed by atoms with Crippen molar-refractivity contribution < 1.29 is 8.98 Å². The minimum absolute atomic E-state index is 0.646. The van der Waals surface area contributed by atoms with Crippen molar-refractivity contribution in [3.63, 3.8) is 0 Å². The van der Waals surface area contributed by atoms with E-state index in [4.69, 9.17) is 4.42 Å². The molecule has 0 aliphatic heterocycles. The maximum absolute atomic E-state index is 9.54. The van der Waals surface area contributed by atoms with E-state index in [0.717, 1.165) is 38.8 Å². The Bertz CT molecular complexity index is 1150. The van der Waals surface area contributed by atoms with Crippen LogP contribution in [0, 0.1) is 25.2 Å². The van der Waals surface area contributed by atoms with E-state index in [1.807, 2.05) is 31.3 Å². The molecule has 0 aliphatic rings. The second kappa shape index (κ2) is 5.21. The topological polar surface area (TPSA) is 40.8 Å². The second-order valence-corrected chi connectivity index (χ2v) is 6.23. The highest BCUT2D eigenvalue weighted by Crippen LogP contribution is 2.38. The lowest BCUT2D eigenvalue weighted by Gasteiger charge is -2.07. The van der Waals surface area contributed by atoms with Gasteiger partial charge in [-0.15, -0.1) is 0 Å². The van der Waals surface area contributed by atoms with Crippen molar-refractivity contribution in [2.24, 2.45) is 7.05 Å². The molecule has 4 rings (SSSR count). The Morgan fingerprint density at radius 3 is 2.50 bits per heavy atom. The molecule has 3 nitrogen and oxygen atoms in total. The first kappa shape index (κ1) is 14.5. The Morgan fingerprint density at radius 1 is 0.958 bits per heavy atom. The highest BCUT2D eigenvalue weighted by atomic mass is 16.3. The van der Waals surface area contributed by atoms with Crippen molar-refractivity contribution in [3.05, 3.63) is 65.4 Å². The van der Waals surface area contributed by atoms with Gasteiger partial charge in [-0.3, -0.25) is 0 Å². The molecule has 4 aromatic rings. The van der Waals surface area contributed by atoms with Crippen molar-refractivity contribution >= 4 is 21.9 Å². The third-order valence-corrected chi connectivity index (χ3v) is 4.53. The summed E-state index contributed by atoms with van der Waals surface area (Å²) >= 11 is 0. The number of nitriles is 1. The van der Waals surface area contributed by atoms with Gasteiger partial charge in [-0.2, -0.15) is 5.26 Å². The number of furan rings is 1. The largest absolute Gasteiger partial charge is 0.456 e. The molecular weight excluding hydrogens is 296 g/mol. The minimum atomic E-state index is 0.646. The minimum Gasteiger partial charge on any atom is -0.456 e. The predicted octanol–water partition coefficient (Wildman–Crippen LogP) is 4.57. The molecule has 3 heteroatoms. The van der Waals surface area contributed by atoms with Crippen LogP contribution in [-0.2, 0) is 7.05 Å². The first-order chi connectivity index (χ1) is 11.6. The molecule has 0 amide bonds. The molecule has 0 atom stereocenters. The van der Waals surface area contributed by atoms with Gasteiger partial charge in [-0.1, -0.05) is 12.1 Å². The summed E-state index contributed by atoms with van der Waals surface area (Å²) in [4.78, 5) is 0. The quantitative estimate of drug-likeness (QED) is 0.483. The summed E-state index contributed by atoms with van der Waals surface area (Å²) in [7, 11) is 2.05. The highest BCUT2D eigenvalue weighted by molar-refractivity contribution is 6.14. The van der Waals surface area contributed by atoms with Gasteiger partial charge >= 0.3 is 0 Å². The van der Waals surface area contributed by atoms with Gasteiger partial charge in [0.15, 0.2) is 6.20 Å². The SMILES string of the molecule is Cc1ccc(-c2c(C)ccc3oc4cccc(C#N)c4c23)[n+](C)c1. The van der Waals surface area contributed by atoms with Crippen molar-refractivity contribution in [1.29, 1.82) is 5.26 Å². The Labute approximate surface area is 140 Å². The van der Waals surface area contributed by atoms with Crippen LogP contribution in [-0.4, -0.2) is 0 Å². The van der Waals surface area contributed by atoms with Gasteiger partial charge in [0, 0.05) is 22.4 Å². The van der Waals surface area contributed by atoms with Gasteiger partial charge in [-0.25, -0.2) is 4.57 Å². The standard InChI is InChI=1S/C21H17N2O/c1-13-7-9-16(23(3)12-13)19-14(2)8-10-18-21(19)20-15(11-22)5-4-6-17(20)24-18/h4-10,12H,1-3H3/q+1. The first-order valence-electron chi connectivity index (χ1n) is 7.91. The van der Waals surface area contributed by atoms with Gasteiger partial charge in [0.2, 0.25) is 5.69 Å². The lowest BCUT2D eigenvalue weighted by molar-refractivity contribution is -0.660. The lowest BCUT2D eigenvalue weighted by atomic mass is 9.96. The molecule has 0 unspecified atom stereocenters. The van der Waals surface area contributed by atoms with E-state index in [0.29, 0.717) is 5.56 Å². The Kier molecular flexibility index (Phi) is 3.14. The number of hydrogen-bond donors (Lipinski definition) is 0. The Hall–Kier alpha value is -3.12. The Balaban J connectivity index is 2.23. The molecule has 0 N–H and O–H groups in total. The molecule has 2 aromatic carbocycles. The molecule has 24 heavy (non-hydrogen) atoms. The maximum atomic E-state index is 9.54. The fourth-order valence-electron chi connectivity index (χ4n) is 3.44. The summed E-state index contributed by atoms with van der Waals surface area (Å²) in [6.45, 7) is 4.18. The van der Waals surface area contributed by atoms with Crippen molar-refractivity contribution in [2.75, 3.05) is 0 Å². The molecule has 0 saturated carbocycles. The molecule has 0 fully saturated rings. The van der Waals surface area contributed by atoms with Crippen LogP contribution in [0.2, 0.25) is 0 Å². The van der Waals surface area contributed by atoms with Crippen LogP contribution in [0.3, 0.4) is 0 Å². The number of pyridine rings is 1. The van der Waals surface area contributed by atoms with Gasteiger partial charge in [0.25, 0.3) is 0 Å². The number of nitrogens with zero attached hydrogens (tertiary/aromatic N) is 2.